The highest BCUT2D eigenvalue weighted by atomic mass is 16.5. The van der Waals surface area contributed by atoms with Gasteiger partial charge in [-0.15, -0.1) is 0 Å². The topological polar surface area (TPSA) is 33.3 Å². The van der Waals surface area contributed by atoms with Gasteiger partial charge in [0.1, 0.15) is 0 Å². The van der Waals surface area contributed by atoms with Crippen LogP contribution in [0.2, 0.25) is 0 Å². The van der Waals surface area contributed by atoms with Crippen LogP contribution in [-0.2, 0) is 11.2 Å². The molecule has 1 heterocycles. The maximum Gasteiger partial charge on any atom is 0.0700 e. The van der Waals surface area contributed by atoms with Crippen LogP contribution >= 0.6 is 0 Å². The van der Waals surface area contributed by atoms with Crippen molar-refractivity contribution < 1.29 is 4.74 Å². The van der Waals surface area contributed by atoms with E-state index < -0.39 is 0 Å². The zero-order valence-electron chi connectivity index (χ0n) is 11.0. The fraction of sp³-hybridized carbons (Fsp3) is 0.600. The fourth-order valence-corrected chi connectivity index (χ4v) is 2.25. The van der Waals surface area contributed by atoms with Gasteiger partial charge in [0.25, 0.3) is 0 Å². The maximum atomic E-state index is 5.56. The quantitative estimate of drug-likeness (QED) is 0.685. The first-order valence-electron chi connectivity index (χ1n) is 7.02. The predicted octanol–water partition coefficient (Wildman–Crippen LogP) is 1.59. The van der Waals surface area contributed by atoms with E-state index in [-0.39, 0.29) is 0 Å². The second-order valence-corrected chi connectivity index (χ2v) is 4.82. The number of nitrogens with one attached hydrogen (secondary N) is 2. The number of rotatable bonds is 8. The average molecular weight is 248 g/mol. The van der Waals surface area contributed by atoms with Crippen molar-refractivity contribution in [1.82, 2.24) is 10.6 Å². The zero-order chi connectivity index (χ0) is 12.5. The molecular weight excluding hydrogens is 224 g/mol. The van der Waals surface area contributed by atoms with Crippen LogP contribution in [0, 0.1) is 0 Å². The Morgan fingerprint density at radius 3 is 2.67 bits per heavy atom. The summed E-state index contributed by atoms with van der Waals surface area (Å²) in [6, 6.07) is 10.6. The Balaban J connectivity index is 1.42. The van der Waals surface area contributed by atoms with Crippen LogP contribution in [0.4, 0.5) is 0 Å². The van der Waals surface area contributed by atoms with Gasteiger partial charge in [-0.3, -0.25) is 0 Å². The summed E-state index contributed by atoms with van der Waals surface area (Å²) in [5, 5.41) is 6.89. The lowest BCUT2D eigenvalue weighted by Crippen LogP contribution is -2.33. The highest BCUT2D eigenvalue weighted by Gasteiger charge is 2.13. The molecule has 0 radical (unpaired) electrons. The van der Waals surface area contributed by atoms with Crippen molar-refractivity contribution in [2.45, 2.75) is 25.4 Å². The van der Waals surface area contributed by atoms with Crippen molar-refractivity contribution in [3.63, 3.8) is 0 Å². The lowest BCUT2D eigenvalue weighted by molar-refractivity contribution is 0.110. The first kappa shape index (κ1) is 13.5. The molecule has 3 heteroatoms. The standard InChI is InChI=1S/C15H24N2O/c1-2-5-14(6-3-1)8-9-16-10-11-17-13-15-7-4-12-18-15/h1-3,5-6,15-17H,4,7-13H2. The van der Waals surface area contributed by atoms with E-state index in [2.05, 4.69) is 41.0 Å². The molecule has 100 valence electrons. The van der Waals surface area contributed by atoms with Crippen LogP contribution in [0.15, 0.2) is 30.3 Å². The molecule has 0 amide bonds. The minimum Gasteiger partial charge on any atom is -0.377 e. The van der Waals surface area contributed by atoms with Crippen LogP contribution < -0.4 is 10.6 Å². The molecular formula is C15H24N2O. The molecule has 1 unspecified atom stereocenters. The van der Waals surface area contributed by atoms with Gasteiger partial charge in [0.05, 0.1) is 6.10 Å². The van der Waals surface area contributed by atoms with E-state index in [1.54, 1.807) is 0 Å². The van der Waals surface area contributed by atoms with Crippen molar-refractivity contribution in [3.05, 3.63) is 35.9 Å². The summed E-state index contributed by atoms with van der Waals surface area (Å²) in [7, 11) is 0. The van der Waals surface area contributed by atoms with Gasteiger partial charge in [0.2, 0.25) is 0 Å². The highest BCUT2D eigenvalue weighted by molar-refractivity contribution is 5.14. The molecule has 1 aliphatic rings. The van der Waals surface area contributed by atoms with Gasteiger partial charge < -0.3 is 15.4 Å². The molecule has 1 saturated heterocycles. The number of ether oxygens (including phenoxy) is 1. The third-order valence-corrected chi connectivity index (χ3v) is 3.31. The number of benzene rings is 1. The largest absolute Gasteiger partial charge is 0.377 e. The monoisotopic (exact) mass is 248 g/mol. The zero-order valence-corrected chi connectivity index (χ0v) is 11.0. The Labute approximate surface area is 110 Å². The molecule has 1 aromatic rings. The lowest BCUT2D eigenvalue weighted by Gasteiger charge is -2.11. The van der Waals surface area contributed by atoms with Crippen LogP contribution in [0.5, 0.6) is 0 Å². The van der Waals surface area contributed by atoms with Gasteiger partial charge in [-0.05, 0) is 31.4 Å². The Morgan fingerprint density at radius 2 is 1.89 bits per heavy atom. The number of hydrogen-bond acceptors (Lipinski definition) is 3. The van der Waals surface area contributed by atoms with E-state index >= 15 is 0 Å². The molecule has 2 rings (SSSR count). The molecule has 1 atom stereocenters. The van der Waals surface area contributed by atoms with Gasteiger partial charge in [-0.2, -0.15) is 0 Å². The molecule has 0 saturated carbocycles. The van der Waals surface area contributed by atoms with E-state index in [9.17, 15) is 0 Å². The Hall–Kier alpha value is -0.900. The third kappa shape index (κ3) is 5.17. The van der Waals surface area contributed by atoms with E-state index in [1.165, 1.54) is 18.4 Å². The minimum absolute atomic E-state index is 0.453. The minimum atomic E-state index is 0.453. The summed E-state index contributed by atoms with van der Waals surface area (Å²) in [5.74, 6) is 0. The molecule has 3 nitrogen and oxygen atoms in total. The maximum absolute atomic E-state index is 5.56. The average Bonchev–Trinajstić information content (AvgIpc) is 2.92. The van der Waals surface area contributed by atoms with Crippen LogP contribution in [0.3, 0.4) is 0 Å². The summed E-state index contributed by atoms with van der Waals surface area (Å²) in [6.45, 7) is 5.04. The van der Waals surface area contributed by atoms with Gasteiger partial charge in [-0.1, -0.05) is 30.3 Å². The summed E-state index contributed by atoms with van der Waals surface area (Å²) in [5.41, 5.74) is 1.40. The molecule has 0 aromatic heterocycles. The van der Waals surface area contributed by atoms with Gasteiger partial charge in [-0.25, -0.2) is 0 Å². The highest BCUT2D eigenvalue weighted by Crippen LogP contribution is 2.10. The fourth-order valence-electron chi connectivity index (χ4n) is 2.25. The van der Waals surface area contributed by atoms with Crippen molar-refractivity contribution in [2.75, 3.05) is 32.8 Å². The molecule has 1 aliphatic heterocycles. The van der Waals surface area contributed by atoms with Gasteiger partial charge in [0, 0.05) is 26.2 Å². The van der Waals surface area contributed by atoms with Gasteiger partial charge >= 0.3 is 0 Å². The van der Waals surface area contributed by atoms with E-state index in [0.29, 0.717) is 6.10 Å². The van der Waals surface area contributed by atoms with Crippen LogP contribution in [0.1, 0.15) is 18.4 Å². The predicted molar refractivity (Wildman–Crippen MR) is 74.9 cm³/mol. The van der Waals surface area contributed by atoms with Crippen LogP contribution in [0.25, 0.3) is 0 Å². The van der Waals surface area contributed by atoms with Crippen LogP contribution in [-0.4, -0.2) is 38.9 Å². The van der Waals surface area contributed by atoms with E-state index in [0.717, 1.165) is 39.2 Å². The second kappa shape index (κ2) is 8.25. The molecule has 0 bridgehead atoms. The summed E-state index contributed by atoms with van der Waals surface area (Å²) >= 11 is 0. The number of hydrogen-bond donors (Lipinski definition) is 2. The van der Waals surface area contributed by atoms with E-state index in [4.69, 9.17) is 4.74 Å². The molecule has 18 heavy (non-hydrogen) atoms. The molecule has 0 aliphatic carbocycles. The first-order chi connectivity index (χ1) is 8.95. The summed E-state index contributed by atoms with van der Waals surface area (Å²) < 4.78 is 5.56. The molecule has 2 N–H and O–H groups in total. The first-order valence-corrected chi connectivity index (χ1v) is 7.02. The Kier molecular flexibility index (Phi) is 6.20. The second-order valence-electron chi connectivity index (χ2n) is 4.82. The summed E-state index contributed by atoms with van der Waals surface area (Å²) in [4.78, 5) is 0. The summed E-state index contributed by atoms with van der Waals surface area (Å²) in [6.07, 6.45) is 4.00. The normalized spacial score (nSPS) is 19.2. The molecule has 1 fully saturated rings. The van der Waals surface area contributed by atoms with Crippen molar-refractivity contribution >= 4 is 0 Å². The Morgan fingerprint density at radius 1 is 1.06 bits per heavy atom. The lowest BCUT2D eigenvalue weighted by atomic mass is 10.1. The van der Waals surface area contributed by atoms with Crippen molar-refractivity contribution in [2.24, 2.45) is 0 Å². The molecule has 0 spiro atoms. The van der Waals surface area contributed by atoms with Crippen molar-refractivity contribution in [1.29, 1.82) is 0 Å². The SMILES string of the molecule is c1ccc(CCNCCNCC2CCCO2)cc1. The third-order valence-electron chi connectivity index (χ3n) is 3.31. The smallest absolute Gasteiger partial charge is 0.0700 e. The molecule has 1 aromatic carbocycles. The van der Waals surface area contributed by atoms with E-state index in [1.807, 2.05) is 0 Å². The van der Waals surface area contributed by atoms with Gasteiger partial charge in [0.15, 0.2) is 0 Å². The van der Waals surface area contributed by atoms with Crippen molar-refractivity contribution in [3.8, 4) is 0 Å². The Bertz CT molecular complexity index is 310.